The van der Waals surface area contributed by atoms with Crippen molar-refractivity contribution in [3.63, 3.8) is 0 Å². The van der Waals surface area contributed by atoms with Crippen LogP contribution in [0.1, 0.15) is 0 Å². The first kappa shape index (κ1) is 13.5. The third kappa shape index (κ3) is 3.11. The number of benzene rings is 1. The molecule has 1 atom stereocenters. The van der Waals surface area contributed by atoms with Gasteiger partial charge in [0.05, 0.1) is 13.0 Å². The zero-order valence-corrected chi connectivity index (χ0v) is 11.1. The third-order valence-corrected chi connectivity index (χ3v) is 3.76. The lowest BCUT2D eigenvalue weighted by Crippen LogP contribution is -2.43. The Balaban J connectivity index is 2.06. The molecule has 0 saturated carbocycles. The fourth-order valence-electron chi connectivity index (χ4n) is 1.74. The topological polar surface area (TPSA) is 78.9 Å². The fraction of sp³-hybridized carbons (Fsp3) is 0.333. The number of carboxylic acids is 1. The summed E-state index contributed by atoms with van der Waals surface area (Å²) in [4.78, 5) is 24.4. The van der Waals surface area contributed by atoms with E-state index in [2.05, 4.69) is 5.32 Å². The van der Waals surface area contributed by atoms with Gasteiger partial charge in [-0.2, -0.15) is 0 Å². The summed E-state index contributed by atoms with van der Waals surface area (Å²) >= 11 is 1.42. The second-order valence-electron chi connectivity index (χ2n) is 3.99. The van der Waals surface area contributed by atoms with Crippen LogP contribution in [0.25, 0.3) is 0 Å². The molecule has 1 saturated heterocycles. The highest BCUT2D eigenvalue weighted by Gasteiger charge is 2.34. The van der Waals surface area contributed by atoms with Crippen molar-refractivity contribution >= 4 is 29.4 Å². The van der Waals surface area contributed by atoms with Gasteiger partial charge in [-0.25, -0.2) is 9.59 Å². The summed E-state index contributed by atoms with van der Waals surface area (Å²) in [5.74, 6) is 0.447. The lowest BCUT2D eigenvalue weighted by atomic mass is 10.3. The van der Waals surface area contributed by atoms with Gasteiger partial charge in [0.25, 0.3) is 0 Å². The van der Waals surface area contributed by atoms with Crippen molar-refractivity contribution in [2.24, 2.45) is 0 Å². The Labute approximate surface area is 114 Å². The highest BCUT2D eigenvalue weighted by molar-refractivity contribution is 7.99. The van der Waals surface area contributed by atoms with Gasteiger partial charge in [-0.3, -0.25) is 0 Å². The van der Waals surface area contributed by atoms with E-state index in [1.165, 1.54) is 16.7 Å². The maximum Gasteiger partial charge on any atom is 0.327 e. The van der Waals surface area contributed by atoms with E-state index in [0.717, 1.165) is 0 Å². The molecule has 6 nitrogen and oxygen atoms in total. The lowest BCUT2D eigenvalue weighted by Gasteiger charge is -2.21. The van der Waals surface area contributed by atoms with Crippen LogP contribution in [-0.2, 0) is 4.79 Å². The van der Waals surface area contributed by atoms with Crippen LogP contribution >= 0.6 is 11.8 Å². The van der Waals surface area contributed by atoms with E-state index in [-0.39, 0.29) is 0 Å². The number of amides is 2. The van der Waals surface area contributed by atoms with Crippen molar-refractivity contribution in [3.05, 3.63) is 24.3 Å². The molecule has 1 aromatic carbocycles. The second kappa shape index (κ2) is 5.83. The average Bonchev–Trinajstić information content (AvgIpc) is 2.88. The van der Waals surface area contributed by atoms with E-state index in [9.17, 15) is 9.59 Å². The minimum Gasteiger partial charge on any atom is -0.497 e. The molecule has 0 aliphatic carbocycles. The number of carboxylic acid groups (broad SMARTS) is 1. The molecule has 0 radical (unpaired) electrons. The number of rotatable bonds is 3. The highest BCUT2D eigenvalue weighted by atomic mass is 32.2. The molecule has 1 heterocycles. The molecule has 1 aliphatic rings. The summed E-state index contributed by atoms with van der Waals surface area (Å²) < 4.78 is 5.06. The van der Waals surface area contributed by atoms with Gasteiger partial charge in [-0.05, 0) is 12.1 Å². The molecule has 0 spiro atoms. The van der Waals surface area contributed by atoms with Gasteiger partial charge in [0.1, 0.15) is 11.8 Å². The number of urea groups is 1. The number of carbonyl (C=O) groups is 2. The maximum absolute atomic E-state index is 12.0. The van der Waals surface area contributed by atoms with Crippen molar-refractivity contribution in [2.75, 3.05) is 24.1 Å². The minimum absolute atomic E-state index is 0.382. The maximum atomic E-state index is 12.0. The van der Waals surface area contributed by atoms with Crippen LogP contribution in [0.3, 0.4) is 0 Å². The zero-order chi connectivity index (χ0) is 13.8. The first-order valence-electron chi connectivity index (χ1n) is 5.64. The Morgan fingerprint density at radius 2 is 2.32 bits per heavy atom. The number of thioether (sulfide) groups is 1. The van der Waals surface area contributed by atoms with Crippen LogP contribution in [0.5, 0.6) is 5.75 Å². The zero-order valence-electron chi connectivity index (χ0n) is 10.3. The fourth-order valence-corrected chi connectivity index (χ4v) is 2.89. The Morgan fingerprint density at radius 3 is 3.00 bits per heavy atom. The monoisotopic (exact) mass is 282 g/mol. The molecule has 0 bridgehead atoms. The van der Waals surface area contributed by atoms with Gasteiger partial charge in [0.2, 0.25) is 0 Å². The minimum atomic E-state index is -0.981. The van der Waals surface area contributed by atoms with Crippen molar-refractivity contribution < 1.29 is 19.4 Å². The SMILES string of the molecule is COc1cccc(NC(=O)N2CSCC2C(=O)O)c1. The molecule has 1 fully saturated rings. The summed E-state index contributed by atoms with van der Waals surface area (Å²) in [6.45, 7) is 0. The molecule has 2 rings (SSSR count). The quantitative estimate of drug-likeness (QED) is 0.882. The number of nitrogens with zero attached hydrogens (tertiary/aromatic N) is 1. The summed E-state index contributed by atoms with van der Waals surface area (Å²) in [6.07, 6.45) is 0. The van der Waals surface area contributed by atoms with Crippen molar-refractivity contribution in [3.8, 4) is 5.75 Å². The van der Waals surface area contributed by atoms with E-state index in [1.807, 2.05) is 0 Å². The Morgan fingerprint density at radius 1 is 1.53 bits per heavy atom. The van der Waals surface area contributed by atoms with Gasteiger partial charge in [-0.1, -0.05) is 6.07 Å². The molecule has 1 aliphatic heterocycles. The van der Waals surface area contributed by atoms with Crippen molar-refractivity contribution in [1.29, 1.82) is 0 Å². The first-order chi connectivity index (χ1) is 9.11. The second-order valence-corrected chi connectivity index (χ2v) is 4.99. The molecule has 19 heavy (non-hydrogen) atoms. The van der Waals surface area contributed by atoms with Gasteiger partial charge in [-0.15, -0.1) is 11.8 Å². The van der Waals surface area contributed by atoms with Crippen LogP contribution in [0.2, 0.25) is 0 Å². The normalized spacial score (nSPS) is 18.2. The average molecular weight is 282 g/mol. The van der Waals surface area contributed by atoms with Crippen LogP contribution in [0.4, 0.5) is 10.5 Å². The van der Waals surface area contributed by atoms with Crippen molar-refractivity contribution in [1.82, 2.24) is 4.90 Å². The van der Waals surface area contributed by atoms with Crippen LogP contribution in [0.15, 0.2) is 24.3 Å². The summed E-state index contributed by atoms with van der Waals surface area (Å²) in [6, 6.07) is 5.74. The van der Waals surface area contributed by atoms with Crippen LogP contribution < -0.4 is 10.1 Å². The number of hydrogen-bond donors (Lipinski definition) is 2. The number of anilines is 1. The number of nitrogens with one attached hydrogen (secondary N) is 1. The number of ether oxygens (including phenoxy) is 1. The Hall–Kier alpha value is -1.89. The number of hydrogen-bond acceptors (Lipinski definition) is 4. The van der Waals surface area contributed by atoms with E-state index >= 15 is 0 Å². The third-order valence-electron chi connectivity index (χ3n) is 2.75. The standard InChI is InChI=1S/C12H14N2O4S/c1-18-9-4-2-3-8(5-9)13-12(17)14-7-19-6-10(14)11(15)16/h2-5,10H,6-7H2,1H3,(H,13,17)(H,15,16). The van der Waals surface area contributed by atoms with E-state index < -0.39 is 18.0 Å². The van der Waals surface area contributed by atoms with Crippen molar-refractivity contribution in [2.45, 2.75) is 6.04 Å². The highest BCUT2D eigenvalue weighted by Crippen LogP contribution is 2.23. The smallest absolute Gasteiger partial charge is 0.327 e. The molecule has 1 aromatic rings. The molecule has 0 aromatic heterocycles. The molecule has 2 N–H and O–H groups in total. The summed E-state index contributed by atoms with van der Waals surface area (Å²) in [5, 5.41) is 11.7. The van der Waals surface area contributed by atoms with Crippen LogP contribution in [0, 0.1) is 0 Å². The Kier molecular flexibility index (Phi) is 4.16. The van der Waals surface area contributed by atoms with Gasteiger partial charge < -0.3 is 20.1 Å². The molecule has 7 heteroatoms. The number of carbonyl (C=O) groups excluding carboxylic acids is 1. The van der Waals surface area contributed by atoms with E-state index in [4.69, 9.17) is 9.84 Å². The number of aliphatic carboxylic acids is 1. The van der Waals surface area contributed by atoms with Gasteiger partial charge in [0.15, 0.2) is 0 Å². The largest absolute Gasteiger partial charge is 0.497 e. The molecular weight excluding hydrogens is 268 g/mol. The summed E-state index contributed by atoms with van der Waals surface area (Å²) in [7, 11) is 1.54. The number of methoxy groups -OCH3 is 1. The summed E-state index contributed by atoms with van der Waals surface area (Å²) in [5.41, 5.74) is 0.574. The molecule has 2 amide bonds. The molecule has 1 unspecified atom stereocenters. The molecular formula is C12H14N2O4S. The predicted molar refractivity (Wildman–Crippen MR) is 72.6 cm³/mol. The van der Waals surface area contributed by atoms with E-state index in [1.54, 1.807) is 31.4 Å². The lowest BCUT2D eigenvalue weighted by molar-refractivity contribution is -0.140. The molecule has 102 valence electrons. The van der Waals surface area contributed by atoms with Crippen LogP contribution in [-0.4, -0.2) is 46.8 Å². The van der Waals surface area contributed by atoms with Gasteiger partial charge >= 0.3 is 12.0 Å². The van der Waals surface area contributed by atoms with E-state index in [0.29, 0.717) is 23.1 Å². The Bertz CT molecular complexity index is 494. The first-order valence-corrected chi connectivity index (χ1v) is 6.79. The van der Waals surface area contributed by atoms with Gasteiger partial charge in [0, 0.05) is 17.5 Å². The predicted octanol–water partition coefficient (Wildman–Crippen LogP) is 1.69.